The summed E-state index contributed by atoms with van der Waals surface area (Å²) >= 11 is 0. The van der Waals surface area contributed by atoms with Crippen molar-refractivity contribution >= 4 is 32.3 Å². The van der Waals surface area contributed by atoms with Gasteiger partial charge in [-0.25, -0.2) is 4.98 Å². The first-order chi connectivity index (χ1) is 19.1. The predicted octanol–water partition coefficient (Wildman–Crippen LogP) is 10.2. The van der Waals surface area contributed by atoms with Gasteiger partial charge in [-0.3, -0.25) is 0 Å². The fourth-order valence-corrected chi connectivity index (χ4v) is 6.66. The van der Waals surface area contributed by atoms with Crippen LogP contribution < -0.4 is 0 Å². The lowest BCUT2D eigenvalue weighted by Gasteiger charge is -2.23. The number of rotatable bonds is 2. The number of benzene rings is 6. The van der Waals surface area contributed by atoms with Crippen LogP contribution in [0.25, 0.3) is 66.0 Å². The Morgan fingerprint density at radius 2 is 0.949 bits per heavy atom. The third-order valence-corrected chi connectivity index (χ3v) is 8.65. The maximum atomic E-state index is 5.05. The third kappa shape index (κ3) is 3.23. The predicted molar refractivity (Wildman–Crippen MR) is 165 cm³/mol. The number of hydrogen-bond donors (Lipinski definition) is 0. The number of aromatic nitrogens is 1. The summed E-state index contributed by atoms with van der Waals surface area (Å²) in [5.41, 5.74) is 9.64. The van der Waals surface area contributed by atoms with E-state index in [0.717, 1.165) is 22.5 Å². The molecule has 1 aliphatic carbocycles. The molecule has 1 heteroatoms. The number of hydrogen-bond acceptors (Lipinski definition) is 1. The Kier molecular flexibility index (Phi) is 4.63. The van der Waals surface area contributed by atoms with Crippen molar-refractivity contribution in [1.82, 2.24) is 4.98 Å². The molecule has 0 fully saturated rings. The van der Waals surface area contributed by atoms with Crippen LogP contribution in [0, 0.1) is 0 Å². The SMILES string of the molecule is CC1(C)c2cc(-c3cccc(-c4ccccc4)n3)ccc2-c2cc3c4ccccc4c4ccccc4c3cc21. The van der Waals surface area contributed by atoms with E-state index in [4.69, 9.17) is 4.98 Å². The van der Waals surface area contributed by atoms with Crippen molar-refractivity contribution < 1.29 is 0 Å². The molecule has 184 valence electrons. The zero-order chi connectivity index (χ0) is 26.1. The van der Waals surface area contributed by atoms with Gasteiger partial charge in [0.25, 0.3) is 0 Å². The van der Waals surface area contributed by atoms with Crippen LogP contribution in [0.15, 0.2) is 127 Å². The maximum absolute atomic E-state index is 5.05. The molecule has 39 heavy (non-hydrogen) atoms. The van der Waals surface area contributed by atoms with E-state index in [0.29, 0.717) is 0 Å². The standard InChI is InChI=1S/C38H27N/c1-38(2)34-21-25(37-18-10-17-36(39-37)24-11-4-3-5-12-24)19-20-30(34)33-22-31-28-15-8-6-13-26(28)27-14-7-9-16-29(27)32(31)23-35(33)38/h3-23H,1-2H3. The number of nitrogens with zero attached hydrogens (tertiary/aromatic N) is 1. The molecule has 0 bridgehead atoms. The number of fused-ring (bicyclic) bond motifs is 9. The number of pyridine rings is 1. The highest BCUT2D eigenvalue weighted by molar-refractivity contribution is 6.26. The van der Waals surface area contributed by atoms with Crippen LogP contribution in [0.5, 0.6) is 0 Å². The highest BCUT2D eigenvalue weighted by Gasteiger charge is 2.36. The Bertz CT molecular complexity index is 2080. The van der Waals surface area contributed by atoms with Crippen LogP contribution in [0.4, 0.5) is 0 Å². The second-order valence-corrected chi connectivity index (χ2v) is 11.2. The minimum Gasteiger partial charge on any atom is -0.248 e. The van der Waals surface area contributed by atoms with E-state index in [-0.39, 0.29) is 5.41 Å². The monoisotopic (exact) mass is 497 g/mol. The molecule has 0 amide bonds. The summed E-state index contributed by atoms with van der Waals surface area (Å²) in [7, 11) is 0. The zero-order valence-corrected chi connectivity index (χ0v) is 22.1. The molecule has 7 aromatic rings. The van der Waals surface area contributed by atoms with Crippen LogP contribution >= 0.6 is 0 Å². The van der Waals surface area contributed by atoms with E-state index in [2.05, 4.69) is 135 Å². The van der Waals surface area contributed by atoms with E-state index >= 15 is 0 Å². The van der Waals surface area contributed by atoms with E-state index in [1.165, 1.54) is 54.6 Å². The molecule has 0 saturated carbocycles. The molecule has 8 rings (SSSR count). The van der Waals surface area contributed by atoms with Crippen LogP contribution in [0.3, 0.4) is 0 Å². The Hall–Kier alpha value is -4.75. The summed E-state index contributed by atoms with van der Waals surface area (Å²) in [4.78, 5) is 5.05. The highest BCUT2D eigenvalue weighted by Crippen LogP contribution is 2.52. The highest BCUT2D eigenvalue weighted by atomic mass is 14.7. The van der Waals surface area contributed by atoms with Crippen molar-refractivity contribution in [3.63, 3.8) is 0 Å². The van der Waals surface area contributed by atoms with Gasteiger partial charge in [0, 0.05) is 16.5 Å². The maximum Gasteiger partial charge on any atom is 0.0709 e. The summed E-state index contributed by atoms with van der Waals surface area (Å²) in [5, 5.41) is 7.94. The van der Waals surface area contributed by atoms with Crippen molar-refractivity contribution in [2.75, 3.05) is 0 Å². The van der Waals surface area contributed by atoms with Gasteiger partial charge in [-0.2, -0.15) is 0 Å². The topological polar surface area (TPSA) is 12.9 Å². The zero-order valence-electron chi connectivity index (χ0n) is 22.1. The molecular formula is C38H27N. The van der Waals surface area contributed by atoms with Crippen LogP contribution in [-0.2, 0) is 5.41 Å². The van der Waals surface area contributed by atoms with E-state index in [9.17, 15) is 0 Å². The molecule has 0 radical (unpaired) electrons. The molecule has 0 atom stereocenters. The summed E-state index contributed by atoms with van der Waals surface area (Å²) in [6, 6.07) is 46.2. The summed E-state index contributed by atoms with van der Waals surface area (Å²) in [6.45, 7) is 4.73. The fourth-order valence-electron chi connectivity index (χ4n) is 6.66. The summed E-state index contributed by atoms with van der Waals surface area (Å²) in [5.74, 6) is 0. The summed E-state index contributed by atoms with van der Waals surface area (Å²) in [6.07, 6.45) is 0. The van der Waals surface area contributed by atoms with Crippen LogP contribution in [0.1, 0.15) is 25.0 Å². The molecule has 0 spiro atoms. The normalized spacial score (nSPS) is 13.6. The molecule has 0 N–H and O–H groups in total. The molecule has 6 aromatic carbocycles. The van der Waals surface area contributed by atoms with Crippen molar-refractivity contribution in [2.24, 2.45) is 0 Å². The fraction of sp³-hybridized carbons (Fsp3) is 0.0789. The molecule has 1 heterocycles. The van der Waals surface area contributed by atoms with Crippen LogP contribution in [0.2, 0.25) is 0 Å². The molecule has 0 aliphatic heterocycles. The van der Waals surface area contributed by atoms with Gasteiger partial charge in [-0.05, 0) is 84.9 Å². The van der Waals surface area contributed by atoms with Gasteiger partial charge < -0.3 is 0 Å². The van der Waals surface area contributed by atoms with Gasteiger partial charge in [-0.1, -0.05) is 111 Å². The van der Waals surface area contributed by atoms with E-state index in [1.54, 1.807) is 0 Å². The minimum absolute atomic E-state index is 0.112. The molecule has 1 aliphatic rings. The largest absolute Gasteiger partial charge is 0.248 e. The van der Waals surface area contributed by atoms with Gasteiger partial charge in [0.05, 0.1) is 11.4 Å². The second kappa shape index (κ2) is 8.12. The molecule has 1 nitrogen and oxygen atoms in total. The molecule has 0 unspecified atom stereocenters. The average molecular weight is 498 g/mol. The quantitative estimate of drug-likeness (QED) is 0.217. The van der Waals surface area contributed by atoms with Gasteiger partial charge in [-0.15, -0.1) is 0 Å². The van der Waals surface area contributed by atoms with Gasteiger partial charge in [0.1, 0.15) is 0 Å². The molecule has 1 aromatic heterocycles. The third-order valence-electron chi connectivity index (χ3n) is 8.65. The Labute approximate surface area is 228 Å². The lowest BCUT2D eigenvalue weighted by molar-refractivity contribution is 0.661. The van der Waals surface area contributed by atoms with Crippen LogP contribution in [-0.4, -0.2) is 4.98 Å². The Balaban J connectivity index is 1.34. The van der Waals surface area contributed by atoms with E-state index < -0.39 is 0 Å². The lowest BCUT2D eigenvalue weighted by atomic mass is 9.80. The smallest absolute Gasteiger partial charge is 0.0709 e. The van der Waals surface area contributed by atoms with E-state index in [1.807, 2.05) is 6.07 Å². The average Bonchev–Trinajstić information content (AvgIpc) is 3.22. The molecular weight excluding hydrogens is 470 g/mol. The van der Waals surface area contributed by atoms with Crippen molar-refractivity contribution in [1.29, 1.82) is 0 Å². The summed E-state index contributed by atoms with van der Waals surface area (Å²) < 4.78 is 0. The van der Waals surface area contributed by atoms with Gasteiger partial charge in [0.2, 0.25) is 0 Å². The van der Waals surface area contributed by atoms with Crippen molar-refractivity contribution in [2.45, 2.75) is 19.3 Å². The molecule has 0 saturated heterocycles. The Morgan fingerprint density at radius 1 is 0.410 bits per heavy atom. The van der Waals surface area contributed by atoms with Crippen molar-refractivity contribution in [3.05, 3.63) is 139 Å². The second-order valence-electron chi connectivity index (χ2n) is 11.2. The lowest BCUT2D eigenvalue weighted by Crippen LogP contribution is -2.15. The first kappa shape index (κ1) is 22.3. The first-order valence-electron chi connectivity index (χ1n) is 13.6. The van der Waals surface area contributed by atoms with Gasteiger partial charge in [0.15, 0.2) is 0 Å². The minimum atomic E-state index is -0.112. The Morgan fingerprint density at radius 3 is 1.62 bits per heavy atom. The van der Waals surface area contributed by atoms with Crippen molar-refractivity contribution in [3.8, 4) is 33.6 Å². The first-order valence-corrected chi connectivity index (χ1v) is 13.6. The van der Waals surface area contributed by atoms with Gasteiger partial charge >= 0.3 is 0 Å².